The van der Waals surface area contributed by atoms with Gasteiger partial charge < -0.3 is 4.90 Å². The molecule has 5 nitrogen and oxygen atoms in total. The Kier molecular flexibility index (Phi) is 4.84. The Labute approximate surface area is 178 Å². The van der Waals surface area contributed by atoms with Crippen LogP contribution in [0.4, 0.5) is 0 Å². The van der Waals surface area contributed by atoms with Crippen LogP contribution in [0.25, 0.3) is 22.3 Å². The zero-order valence-corrected chi connectivity index (χ0v) is 18.1. The Morgan fingerprint density at radius 3 is 2.67 bits per heavy atom. The number of carbonyl (C=O) groups is 1. The van der Waals surface area contributed by atoms with E-state index in [1.165, 1.54) is 19.3 Å². The van der Waals surface area contributed by atoms with Gasteiger partial charge in [0.15, 0.2) is 5.65 Å². The second kappa shape index (κ2) is 7.53. The molecule has 3 heterocycles. The fourth-order valence-corrected chi connectivity index (χ4v) is 5.69. The molecule has 0 spiro atoms. The highest BCUT2D eigenvalue weighted by Gasteiger charge is 2.40. The Morgan fingerprint density at radius 2 is 1.87 bits per heavy atom. The summed E-state index contributed by atoms with van der Waals surface area (Å²) in [6.45, 7) is 5.20. The first-order valence-corrected chi connectivity index (χ1v) is 11.3. The first kappa shape index (κ1) is 19.3. The van der Waals surface area contributed by atoms with Crippen molar-refractivity contribution in [3.63, 3.8) is 0 Å². The van der Waals surface area contributed by atoms with E-state index in [1.807, 2.05) is 50.4 Å². The van der Waals surface area contributed by atoms with Gasteiger partial charge in [-0.25, -0.2) is 4.98 Å². The molecule has 3 unspecified atom stereocenters. The van der Waals surface area contributed by atoms with Crippen molar-refractivity contribution in [1.29, 1.82) is 0 Å². The molecule has 5 rings (SSSR count). The second-order valence-electron chi connectivity index (χ2n) is 9.11. The highest BCUT2D eigenvalue weighted by molar-refractivity contribution is 6.07. The molecule has 3 aromatic rings. The number of hydrogen-bond donors (Lipinski definition) is 0. The molecule has 30 heavy (non-hydrogen) atoms. The molecule has 3 atom stereocenters. The normalized spacial score (nSPS) is 24.1. The smallest absolute Gasteiger partial charge is 0.255 e. The molecule has 0 bridgehead atoms. The molecule has 2 fully saturated rings. The summed E-state index contributed by atoms with van der Waals surface area (Å²) in [5.41, 5.74) is 4.26. The topological polar surface area (TPSA) is 51.0 Å². The quantitative estimate of drug-likeness (QED) is 0.607. The summed E-state index contributed by atoms with van der Waals surface area (Å²) in [5.74, 6) is 1.49. The number of benzene rings is 1. The lowest BCUT2D eigenvalue weighted by atomic mass is 9.72. The summed E-state index contributed by atoms with van der Waals surface area (Å²) < 4.78 is 1.80. The van der Waals surface area contributed by atoms with Crippen molar-refractivity contribution < 1.29 is 4.79 Å². The maximum Gasteiger partial charge on any atom is 0.255 e. The molecule has 1 amide bonds. The van der Waals surface area contributed by atoms with Crippen LogP contribution in [0.1, 0.15) is 55.1 Å². The van der Waals surface area contributed by atoms with Gasteiger partial charge in [0, 0.05) is 25.2 Å². The third kappa shape index (κ3) is 3.11. The molecular weight excluding hydrogens is 372 g/mol. The van der Waals surface area contributed by atoms with Gasteiger partial charge in [-0.3, -0.25) is 9.48 Å². The van der Waals surface area contributed by atoms with Crippen molar-refractivity contribution in [2.24, 2.45) is 18.9 Å². The summed E-state index contributed by atoms with van der Waals surface area (Å²) in [5, 5.41) is 5.49. The van der Waals surface area contributed by atoms with Gasteiger partial charge in [0.1, 0.15) is 0 Å². The molecule has 156 valence electrons. The summed E-state index contributed by atoms with van der Waals surface area (Å²) >= 11 is 0. The Hall–Kier alpha value is -2.69. The fraction of sp³-hybridized carbons (Fsp3) is 0.480. The van der Waals surface area contributed by atoms with Gasteiger partial charge in [0.2, 0.25) is 0 Å². The number of aromatic nitrogens is 3. The third-order valence-corrected chi connectivity index (χ3v) is 7.27. The zero-order valence-electron chi connectivity index (χ0n) is 18.1. The summed E-state index contributed by atoms with van der Waals surface area (Å²) in [6.07, 6.45) is 6.01. The van der Waals surface area contributed by atoms with Crippen LogP contribution in [0.15, 0.2) is 36.4 Å². The average molecular weight is 403 g/mol. The van der Waals surface area contributed by atoms with Gasteiger partial charge in [-0.05, 0) is 44.1 Å². The van der Waals surface area contributed by atoms with Crippen molar-refractivity contribution >= 4 is 16.9 Å². The van der Waals surface area contributed by atoms with Crippen molar-refractivity contribution in [3.05, 3.63) is 47.7 Å². The summed E-state index contributed by atoms with van der Waals surface area (Å²) in [6, 6.07) is 12.5. The molecule has 1 aliphatic heterocycles. The van der Waals surface area contributed by atoms with Crippen LogP contribution in [-0.4, -0.2) is 38.2 Å². The van der Waals surface area contributed by atoms with E-state index in [4.69, 9.17) is 4.98 Å². The van der Waals surface area contributed by atoms with Crippen LogP contribution >= 0.6 is 0 Å². The van der Waals surface area contributed by atoms with Crippen molar-refractivity contribution in [1.82, 2.24) is 19.7 Å². The van der Waals surface area contributed by atoms with Crippen LogP contribution in [0.5, 0.6) is 0 Å². The Morgan fingerprint density at radius 1 is 1.10 bits per heavy atom. The van der Waals surface area contributed by atoms with E-state index in [1.54, 1.807) is 4.68 Å². The highest BCUT2D eigenvalue weighted by atomic mass is 16.2. The lowest BCUT2D eigenvalue weighted by Crippen LogP contribution is -2.52. The fourth-order valence-electron chi connectivity index (χ4n) is 5.69. The van der Waals surface area contributed by atoms with E-state index in [0.717, 1.165) is 52.9 Å². The van der Waals surface area contributed by atoms with Crippen LogP contribution in [0, 0.1) is 18.8 Å². The van der Waals surface area contributed by atoms with Gasteiger partial charge >= 0.3 is 0 Å². The second-order valence-corrected chi connectivity index (χ2v) is 9.11. The molecule has 5 heteroatoms. The van der Waals surface area contributed by atoms with E-state index in [-0.39, 0.29) is 5.91 Å². The molecule has 1 aromatic carbocycles. The van der Waals surface area contributed by atoms with Gasteiger partial charge in [-0.1, -0.05) is 50.1 Å². The van der Waals surface area contributed by atoms with Gasteiger partial charge in [0.05, 0.1) is 22.3 Å². The molecule has 1 saturated carbocycles. The minimum atomic E-state index is 0.152. The monoisotopic (exact) mass is 402 g/mol. The van der Waals surface area contributed by atoms with E-state index < -0.39 is 0 Å². The van der Waals surface area contributed by atoms with Crippen molar-refractivity contribution in [2.75, 3.05) is 6.54 Å². The van der Waals surface area contributed by atoms with Crippen molar-refractivity contribution in [2.45, 2.75) is 52.0 Å². The number of carbonyl (C=O) groups excluding carboxylic acids is 1. The number of aryl methyl sites for hydroxylation is 2. The van der Waals surface area contributed by atoms with Crippen molar-refractivity contribution in [3.8, 4) is 11.3 Å². The minimum absolute atomic E-state index is 0.152. The lowest BCUT2D eigenvalue weighted by Gasteiger charge is -2.47. The summed E-state index contributed by atoms with van der Waals surface area (Å²) in [7, 11) is 1.91. The lowest BCUT2D eigenvalue weighted by molar-refractivity contribution is 0.0219. The molecule has 1 aliphatic carbocycles. The first-order valence-electron chi connectivity index (χ1n) is 11.3. The predicted molar refractivity (Wildman–Crippen MR) is 119 cm³/mol. The first-order chi connectivity index (χ1) is 14.5. The number of fused-ring (bicyclic) bond motifs is 2. The van der Waals surface area contributed by atoms with E-state index >= 15 is 0 Å². The van der Waals surface area contributed by atoms with Crippen LogP contribution in [0.3, 0.4) is 0 Å². The number of rotatable bonds is 2. The number of amides is 1. The number of piperidine rings is 1. The van der Waals surface area contributed by atoms with Crippen LogP contribution < -0.4 is 0 Å². The molecule has 1 saturated heterocycles. The molecular formula is C25H30N4O. The van der Waals surface area contributed by atoms with Gasteiger partial charge in [-0.2, -0.15) is 5.10 Å². The summed E-state index contributed by atoms with van der Waals surface area (Å²) in [4.78, 5) is 21.0. The molecule has 2 aliphatic rings. The molecule has 0 N–H and O–H groups in total. The number of hydrogen-bond acceptors (Lipinski definition) is 3. The van der Waals surface area contributed by atoms with Crippen LogP contribution in [0.2, 0.25) is 0 Å². The Bertz CT molecular complexity index is 1090. The SMILES string of the molecule is Cc1nn(C)c2nc(-c3ccccc3)cc(C(=O)N3CCC(C)C4CCCCC43)c12. The predicted octanol–water partition coefficient (Wildman–Crippen LogP) is 4.98. The van der Waals surface area contributed by atoms with Gasteiger partial charge in [0.25, 0.3) is 5.91 Å². The Balaban J connectivity index is 1.63. The van der Waals surface area contributed by atoms with E-state index in [2.05, 4.69) is 16.9 Å². The highest BCUT2D eigenvalue weighted by Crippen LogP contribution is 2.40. The third-order valence-electron chi connectivity index (χ3n) is 7.27. The van der Waals surface area contributed by atoms with E-state index in [9.17, 15) is 4.79 Å². The maximum absolute atomic E-state index is 14.0. The van der Waals surface area contributed by atoms with Crippen LogP contribution in [-0.2, 0) is 7.05 Å². The standard InChI is InChI=1S/C25H30N4O/c1-16-13-14-29(22-12-8-7-11-19(16)22)25(30)20-15-21(18-9-5-4-6-10-18)26-24-23(20)17(2)27-28(24)3/h4-6,9-10,15-16,19,22H,7-8,11-14H2,1-3H3. The molecule has 2 aromatic heterocycles. The van der Waals surface area contributed by atoms with Gasteiger partial charge in [-0.15, -0.1) is 0 Å². The number of likely N-dealkylation sites (tertiary alicyclic amines) is 1. The molecule has 0 radical (unpaired) electrons. The van der Waals surface area contributed by atoms with E-state index in [0.29, 0.717) is 17.9 Å². The average Bonchev–Trinajstić information content (AvgIpc) is 3.07. The zero-order chi connectivity index (χ0) is 20.8. The maximum atomic E-state index is 14.0. The number of pyridine rings is 1. The largest absolute Gasteiger partial charge is 0.335 e. The number of nitrogens with zero attached hydrogens (tertiary/aromatic N) is 4. The minimum Gasteiger partial charge on any atom is -0.335 e.